The molecule has 0 unspecified atom stereocenters. The molecule has 1 amide bonds. The zero-order valence-corrected chi connectivity index (χ0v) is 15.1. The maximum absolute atomic E-state index is 12.4. The normalized spacial score (nSPS) is 11.7. The maximum Gasteiger partial charge on any atom is 0.293 e. The third kappa shape index (κ3) is 3.28. The van der Waals surface area contributed by atoms with Gasteiger partial charge in [-0.25, -0.2) is 4.98 Å². The van der Waals surface area contributed by atoms with Crippen molar-refractivity contribution in [3.63, 3.8) is 0 Å². The van der Waals surface area contributed by atoms with Gasteiger partial charge >= 0.3 is 0 Å². The van der Waals surface area contributed by atoms with E-state index in [9.17, 15) is 9.59 Å². The number of aryl methyl sites for hydroxylation is 1. The Morgan fingerprint density at radius 2 is 1.84 bits per heavy atom. The molecule has 25 heavy (non-hydrogen) atoms. The molecule has 0 radical (unpaired) electrons. The monoisotopic (exact) mass is 359 g/mol. The first-order valence-corrected chi connectivity index (χ1v) is 8.11. The number of anilines is 1. The molecule has 0 fully saturated rings. The highest BCUT2D eigenvalue weighted by Gasteiger charge is 2.16. The predicted molar refractivity (Wildman–Crippen MR) is 96.4 cm³/mol. The molecule has 7 nitrogen and oxygen atoms in total. The summed E-state index contributed by atoms with van der Waals surface area (Å²) in [5.41, 5.74) is 1.55. The van der Waals surface area contributed by atoms with Gasteiger partial charge in [0.25, 0.3) is 17.2 Å². The molecule has 0 spiro atoms. The summed E-state index contributed by atoms with van der Waals surface area (Å²) < 4.78 is 1.09. The minimum Gasteiger partial charge on any atom is -0.291 e. The third-order valence-electron chi connectivity index (χ3n) is 3.85. The average Bonchev–Trinajstić information content (AvgIpc) is 2.94. The summed E-state index contributed by atoms with van der Waals surface area (Å²) >= 11 is 5.89. The van der Waals surface area contributed by atoms with Crippen LogP contribution >= 0.6 is 11.6 Å². The molecule has 3 aromatic rings. The Kier molecular flexibility index (Phi) is 4.12. The zero-order chi connectivity index (χ0) is 18.4. The lowest BCUT2D eigenvalue weighted by Crippen LogP contribution is -2.18. The second-order valence-electron chi connectivity index (χ2n) is 6.81. The van der Waals surface area contributed by atoms with E-state index >= 15 is 0 Å². The van der Waals surface area contributed by atoms with Crippen molar-refractivity contribution in [1.29, 1.82) is 0 Å². The summed E-state index contributed by atoms with van der Waals surface area (Å²) in [6.07, 6.45) is 0. The number of nitrogens with zero attached hydrogens (tertiary/aromatic N) is 3. The van der Waals surface area contributed by atoms with Crippen LogP contribution in [0.3, 0.4) is 0 Å². The van der Waals surface area contributed by atoms with Gasteiger partial charge in [-0.05, 0) is 30.0 Å². The summed E-state index contributed by atoms with van der Waals surface area (Å²) in [4.78, 5) is 32.6. The lowest BCUT2D eigenvalue weighted by Gasteiger charge is -2.18. The lowest BCUT2D eigenvalue weighted by atomic mass is 9.87. The van der Waals surface area contributed by atoms with Gasteiger partial charge < -0.3 is 0 Å². The van der Waals surface area contributed by atoms with Crippen molar-refractivity contribution in [1.82, 2.24) is 19.6 Å². The van der Waals surface area contributed by atoms with Crippen molar-refractivity contribution in [3.05, 3.63) is 56.5 Å². The number of amides is 1. The van der Waals surface area contributed by atoms with Crippen LogP contribution < -0.4 is 10.9 Å². The van der Waals surface area contributed by atoms with Crippen LogP contribution in [0.2, 0.25) is 5.02 Å². The van der Waals surface area contributed by atoms with Gasteiger partial charge in [0, 0.05) is 5.56 Å². The fraction of sp³-hybridized carbons (Fsp3) is 0.294. The summed E-state index contributed by atoms with van der Waals surface area (Å²) in [6.45, 7) is 7.93. The number of halogens is 1. The van der Waals surface area contributed by atoms with Crippen molar-refractivity contribution in [2.24, 2.45) is 0 Å². The number of hydrogen-bond donors (Lipinski definition) is 2. The Morgan fingerprint density at radius 1 is 1.20 bits per heavy atom. The van der Waals surface area contributed by atoms with Crippen LogP contribution in [-0.2, 0) is 5.41 Å². The summed E-state index contributed by atoms with van der Waals surface area (Å²) in [5, 5.41) is 5.32. The minimum atomic E-state index is -0.466. The number of benzene rings is 1. The van der Waals surface area contributed by atoms with Crippen molar-refractivity contribution in [2.75, 3.05) is 5.32 Å². The molecule has 0 saturated carbocycles. The van der Waals surface area contributed by atoms with Gasteiger partial charge in [-0.3, -0.25) is 20.0 Å². The molecule has 0 atom stereocenters. The predicted octanol–water partition coefficient (Wildman–Crippen LogP) is 2.93. The van der Waals surface area contributed by atoms with Gasteiger partial charge in [-0.15, -0.1) is 0 Å². The molecule has 2 N–H and O–H groups in total. The lowest BCUT2D eigenvalue weighted by molar-refractivity contribution is 0.102. The number of fused-ring (bicyclic) bond motifs is 1. The fourth-order valence-electron chi connectivity index (χ4n) is 2.36. The molecule has 0 aliphatic carbocycles. The molecule has 3 rings (SSSR count). The van der Waals surface area contributed by atoms with Gasteiger partial charge in [-0.2, -0.15) is 9.50 Å². The number of H-pyrrole nitrogens is 1. The molecule has 130 valence electrons. The van der Waals surface area contributed by atoms with Crippen molar-refractivity contribution in [2.45, 2.75) is 33.1 Å². The van der Waals surface area contributed by atoms with E-state index in [1.807, 2.05) is 12.1 Å². The van der Waals surface area contributed by atoms with E-state index in [-0.39, 0.29) is 28.1 Å². The van der Waals surface area contributed by atoms with Crippen LogP contribution in [0.25, 0.3) is 5.78 Å². The molecule has 0 aliphatic rings. The molecule has 0 bridgehead atoms. The first-order valence-electron chi connectivity index (χ1n) is 7.73. The van der Waals surface area contributed by atoms with Crippen LogP contribution in [0.1, 0.15) is 42.4 Å². The number of aromatic nitrogens is 4. The van der Waals surface area contributed by atoms with Crippen LogP contribution in [-0.4, -0.2) is 25.5 Å². The van der Waals surface area contributed by atoms with E-state index in [4.69, 9.17) is 11.6 Å². The molecule has 0 aliphatic heterocycles. The number of rotatable bonds is 2. The van der Waals surface area contributed by atoms with Crippen LogP contribution in [0, 0.1) is 6.92 Å². The van der Waals surface area contributed by atoms with Gasteiger partial charge in [-0.1, -0.05) is 44.5 Å². The number of nitrogens with one attached hydrogen (secondary N) is 2. The SMILES string of the molecule is Cc1nc2nc(NC(=O)c3ccc(C(C)(C)C)cc3)[nH]n2c(=O)c1Cl. The molecule has 8 heteroatoms. The quantitative estimate of drug-likeness (QED) is 0.735. The number of aromatic amines is 1. The van der Waals surface area contributed by atoms with Gasteiger partial charge in [0.2, 0.25) is 5.95 Å². The van der Waals surface area contributed by atoms with E-state index in [1.54, 1.807) is 19.1 Å². The van der Waals surface area contributed by atoms with Crippen LogP contribution in [0.15, 0.2) is 29.1 Å². The van der Waals surface area contributed by atoms with Crippen molar-refractivity contribution < 1.29 is 4.79 Å². The van der Waals surface area contributed by atoms with Crippen molar-refractivity contribution >= 4 is 29.2 Å². The van der Waals surface area contributed by atoms with E-state index in [1.165, 1.54) is 0 Å². The summed E-state index contributed by atoms with van der Waals surface area (Å²) in [5.74, 6) is -0.0724. The zero-order valence-electron chi connectivity index (χ0n) is 14.3. The maximum atomic E-state index is 12.4. The Balaban J connectivity index is 1.87. The fourth-order valence-corrected chi connectivity index (χ4v) is 2.48. The molecule has 2 heterocycles. The van der Waals surface area contributed by atoms with E-state index < -0.39 is 5.56 Å². The van der Waals surface area contributed by atoms with Gasteiger partial charge in [0.15, 0.2) is 0 Å². The van der Waals surface area contributed by atoms with Gasteiger partial charge in [0.1, 0.15) is 5.02 Å². The summed E-state index contributed by atoms with van der Waals surface area (Å²) in [7, 11) is 0. The molecule has 2 aromatic heterocycles. The summed E-state index contributed by atoms with van der Waals surface area (Å²) in [6, 6.07) is 7.35. The van der Waals surface area contributed by atoms with E-state index in [2.05, 4.69) is 41.2 Å². The Labute approximate surface area is 149 Å². The van der Waals surface area contributed by atoms with Crippen LogP contribution in [0.5, 0.6) is 0 Å². The smallest absolute Gasteiger partial charge is 0.291 e. The molecule has 0 saturated heterocycles. The highest BCUT2D eigenvalue weighted by Crippen LogP contribution is 2.22. The first kappa shape index (κ1) is 17.2. The molecular formula is C17H18ClN5O2. The Hall–Kier alpha value is -2.67. The Bertz CT molecular complexity index is 1010. The second-order valence-corrected chi connectivity index (χ2v) is 7.18. The van der Waals surface area contributed by atoms with E-state index in [0.29, 0.717) is 11.3 Å². The highest BCUT2D eigenvalue weighted by molar-refractivity contribution is 6.31. The van der Waals surface area contributed by atoms with Crippen LogP contribution in [0.4, 0.5) is 5.95 Å². The first-order chi connectivity index (χ1) is 11.7. The highest BCUT2D eigenvalue weighted by atomic mass is 35.5. The number of carbonyl (C=O) groups excluding carboxylic acids is 1. The number of hydrogen-bond acceptors (Lipinski definition) is 4. The average molecular weight is 360 g/mol. The van der Waals surface area contributed by atoms with E-state index in [0.717, 1.165) is 10.1 Å². The standard InChI is InChI=1S/C17H18ClN5O2/c1-9-12(18)14(25)23-16(19-9)21-15(22-23)20-13(24)10-5-7-11(8-6-10)17(2,3)4/h5-8H,1-4H3,(H2,19,20,21,22,24). The van der Waals surface area contributed by atoms with Crippen molar-refractivity contribution in [3.8, 4) is 0 Å². The Morgan fingerprint density at radius 3 is 2.44 bits per heavy atom. The topological polar surface area (TPSA) is 92.2 Å². The van der Waals surface area contributed by atoms with Gasteiger partial charge in [0.05, 0.1) is 5.69 Å². The second kappa shape index (κ2) is 6.00. The third-order valence-corrected chi connectivity index (χ3v) is 4.29. The molecular weight excluding hydrogens is 342 g/mol. The molecule has 1 aromatic carbocycles. The number of carbonyl (C=O) groups is 1. The minimum absolute atomic E-state index is 0.0109. The largest absolute Gasteiger partial charge is 0.293 e.